The van der Waals surface area contributed by atoms with Gasteiger partial charge in [0.15, 0.2) is 11.5 Å². The van der Waals surface area contributed by atoms with Gasteiger partial charge in [0.05, 0.1) is 14.2 Å². The summed E-state index contributed by atoms with van der Waals surface area (Å²) < 4.78 is 10.3. The molecule has 0 bridgehead atoms. The van der Waals surface area contributed by atoms with Gasteiger partial charge >= 0.3 is 0 Å². The highest BCUT2D eigenvalue weighted by atomic mass is 16.5. The Bertz CT molecular complexity index is 482. The molecule has 5 heteroatoms. The first-order valence-corrected chi connectivity index (χ1v) is 5.24. The van der Waals surface area contributed by atoms with E-state index in [4.69, 9.17) is 9.47 Å². The summed E-state index contributed by atoms with van der Waals surface area (Å²) in [4.78, 5) is 23.2. The maximum absolute atomic E-state index is 11.8. The van der Waals surface area contributed by atoms with E-state index < -0.39 is 11.7 Å². The molecule has 1 amide bonds. The second kappa shape index (κ2) is 4.45. The third-order valence-corrected chi connectivity index (χ3v) is 2.74. The number of carbonyl (C=O) groups is 2. The van der Waals surface area contributed by atoms with E-state index in [0.29, 0.717) is 30.0 Å². The number of amides is 1. The number of benzene rings is 1. The lowest BCUT2D eigenvalue weighted by molar-refractivity contribution is -0.116. The number of hydrogen-bond donors (Lipinski definition) is 1. The van der Waals surface area contributed by atoms with Crippen molar-refractivity contribution in [3.63, 3.8) is 0 Å². The molecule has 1 N–H and O–H groups in total. The fraction of sp³-hybridized carbons (Fsp3) is 0.333. The van der Waals surface area contributed by atoms with Gasteiger partial charge in [0.2, 0.25) is 0 Å². The van der Waals surface area contributed by atoms with Crippen molar-refractivity contribution in [1.82, 2.24) is 5.32 Å². The Kier molecular flexibility index (Phi) is 2.99. The summed E-state index contributed by atoms with van der Waals surface area (Å²) in [5.41, 5.74) is 1.18. The zero-order valence-corrected chi connectivity index (χ0v) is 9.70. The molecule has 1 aromatic carbocycles. The highest BCUT2D eigenvalue weighted by Gasteiger charge is 2.24. The van der Waals surface area contributed by atoms with Crippen molar-refractivity contribution >= 4 is 11.7 Å². The van der Waals surface area contributed by atoms with Crippen molar-refractivity contribution in [2.75, 3.05) is 20.8 Å². The third kappa shape index (κ3) is 1.95. The first kappa shape index (κ1) is 11.4. The Morgan fingerprint density at radius 2 is 1.76 bits per heavy atom. The molecule has 1 aliphatic heterocycles. The highest BCUT2D eigenvalue weighted by molar-refractivity contribution is 6.43. The lowest BCUT2D eigenvalue weighted by atomic mass is 10.0. The van der Waals surface area contributed by atoms with Gasteiger partial charge in [-0.25, -0.2) is 0 Å². The Morgan fingerprint density at radius 3 is 2.41 bits per heavy atom. The van der Waals surface area contributed by atoms with Gasteiger partial charge in [-0.05, 0) is 24.1 Å². The van der Waals surface area contributed by atoms with Gasteiger partial charge in [-0.1, -0.05) is 0 Å². The number of Topliss-reactive ketones (excluding diaryl/α,β-unsaturated/α-hetero) is 1. The summed E-state index contributed by atoms with van der Waals surface area (Å²) in [6.07, 6.45) is 0.604. The Balaban J connectivity index is 2.57. The van der Waals surface area contributed by atoms with E-state index in [-0.39, 0.29) is 0 Å². The van der Waals surface area contributed by atoms with Crippen molar-refractivity contribution in [2.45, 2.75) is 6.42 Å². The van der Waals surface area contributed by atoms with E-state index in [1.807, 2.05) is 0 Å². The van der Waals surface area contributed by atoms with Crippen LogP contribution in [-0.2, 0) is 11.2 Å². The quantitative estimate of drug-likeness (QED) is 0.761. The summed E-state index contributed by atoms with van der Waals surface area (Å²) in [7, 11) is 3.03. The van der Waals surface area contributed by atoms with Crippen LogP contribution in [0, 0.1) is 0 Å². The molecular formula is C12H13NO4. The van der Waals surface area contributed by atoms with Gasteiger partial charge in [-0.3, -0.25) is 9.59 Å². The number of methoxy groups -OCH3 is 2. The number of fused-ring (bicyclic) bond motifs is 1. The first-order valence-electron chi connectivity index (χ1n) is 5.24. The summed E-state index contributed by atoms with van der Waals surface area (Å²) in [6, 6.07) is 3.30. The van der Waals surface area contributed by atoms with E-state index in [0.717, 1.165) is 5.56 Å². The number of rotatable bonds is 2. The van der Waals surface area contributed by atoms with Gasteiger partial charge in [0.1, 0.15) is 0 Å². The molecule has 1 aliphatic rings. The second-order valence-electron chi connectivity index (χ2n) is 3.70. The lowest BCUT2D eigenvalue weighted by Gasteiger charge is -2.11. The van der Waals surface area contributed by atoms with Gasteiger partial charge in [0, 0.05) is 12.1 Å². The zero-order chi connectivity index (χ0) is 12.4. The predicted molar refractivity (Wildman–Crippen MR) is 60.6 cm³/mol. The largest absolute Gasteiger partial charge is 0.493 e. The molecule has 0 atom stereocenters. The second-order valence-corrected chi connectivity index (χ2v) is 3.70. The Morgan fingerprint density at radius 1 is 1.12 bits per heavy atom. The number of ether oxygens (including phenoxy) is 2. The number of ketones is 1. The van der Waals surface area contributed by atoms with Crippen molar-refractivity contribution in [1.29, 1.82) is 0 Å². The molecule has 90 valence electrons. The van der Waals surface area contributed by atoms with Crippen LogP contribution in [0.3, 0.4) is 0 Å². The van der Waals surface area contributed by atoms with E-state index >= 15 is 0 Å². The molecule has 0 unspecified atom stereocenters. The fourth-order valence-corrected chi connectivity index (χ4v) is 1.85. The van der Waals surface area contributed by atoms with Crippen LogP contribution < -0.4 is 14.8 Å². The standard InChI is InChI=1S/C12H13NO4/c1-16-9-5-7-3-4-13-12(15)11(14)8(7)6-10(9)17-2/h5-6H,3-4H2,1-2H3,(H,13,15). The van der Waals surface area contributed by atoms with Crippen molar-refractivity contribution in [2.24, 2.45) is 0 Å². The summed E-state index contributed by atoms with van der Waals surface area (Å²) in [5, 5.41) is 2.55. The molecule has 0 saturated heterocycles. The topological polar surface area (TPSA) is 64.6 Å². The van der Waals surface area contributed by atoms with E-state index in [2.05, 4.69) is 5.32 Å². The summed E-state index contributed by atoms with van der Waals surface area (Å²) >= 11 is 0. The van der Waals surface area contributed by atoms with Gasteiger partial charge in [0.25, 0.3) is 11.7 Å². The minimum absolute atomic E-state index is 0.387. The van der Waals surface area contributed by atoms with Gasteiger partial charge < -0.3 is 14.8 Å². The van der Waals surface area contributed by atoms with Crippen LogP contribution in [-0.4, -0.2) is 32.5 Å². The third-order valence-electron chi connectivity index (χ3n) is 2.74. The van der Waals surface area contributed by atoms with Crippen LogP contribution in [0.5, 0.6) is 11.5 Å². The van der Waals surface area contributed by atoms with E-state index in [1.165, 1.54) is 14.2 Å². The van der Waals surface area contributed by atoms with Crippen LogP contribution in [0.25, 0.3) is 0 Å². The number of nitrogens with one attached hydrogen (secondary N) is 1. The van der Waals surface area contributed by atoms with E-state index in [9.17, 15) is 9.59 Å². The number of carbonyl (C=O) groups excluding carboxylic acids is 2. The molecule has 2 rings (SSSR count). The normalized spacial score (nSPS) is 14.7. The predicted octanol–water partition coefficient (Wildman–Crippen LogP) is 0.559. The van der Waals surface area contributed by atoms with Gasteiger partial charge in [-0.2, -0.15) is 0 Å². The highest BCUT2D eigenvalue weighted by Crippen LogP contribution is 2.31. The maximum Gasteiger partial charge on any atom is 0.292 e. The molecule has 0 aliphatic carbocycles. The molecule has 0 spiro atoms. The average Bonchev–Trinajstić information content (AvgIpc) is 2.48. The Hall–Kier alpha value is -2.04. The minimum Gasteiger partial charge on any atom is -0.493 e. The first-order chi connectivity index (χ1) is 8.17. The molecule has 0 aromatic heterocycles. The molecule has 17 heavy (non-hydrogen) atoms. The average molecular weight is 235 g/mol. The van der Waals surface area contributed by atoms with Crippen LogP contribution in [0.2, 0.25) is 0 Å². The summed E-state index contributed by atoms with van der Waals surface area (Å²) in [6.45, 7) is 0.451. The number of hydrogen-bond acceptors (Lipinski definition) is 4. The SMILES string of the molecule is COc1cc2c(cc1OC)C(=O)C(=O)NCC2. The molecule has 5 nitrogen and oxygen atoms in total. The van der Waals surface area contributed by atoms with Crippen molar-refractivity contribution in [3.8, 4) is 11.5 Å². The molecular weight excluding hydrogens is 222 g/mol. The van der Waals surface area contributed by atoms with Crippen LogP contribution in [0.1, 0.15) is 15.9 Å². The monoisotopic (exact) mass is 235 g/mol. The van der Waals surface area contributed by atoms with Gasteiger partial charge in [-0.15, -0.1) is 0 Å². The smallest absolute Gasteiger partial charge is 0.292 e. The maximum atomic E-state index is 11.8. The van der Waals surface area contributed by atoms with Crippen molar-refractivity contribution in [3.05, 3.63) is 23.3 Å². The molecule has 0 saturated carbocycles. The van der Waals surface area contributed by atoms with Crippen LogP contribution >= 0.6 is 0 Å². The van der Waals surface area contributed by atoms with Crippen LogP contribution in [0.15, 0.2) is 12.1 Å². The zero-order valence-electron chi connectivity index (χ0n) is 9.70. The minimum atomic E-state index is -0.573. The molecule has 0 fully saturated rings. The molecule has 0 radical (unpaired) electrons. The molecule has 1 aromatic rings. The fourth-order valence-electron chi connectivity index (χ4n) is 1.85. The lowest BCUT2D eigenvalue weighted by Crippen LogP contribution is -2.29. The summed E-state index contributed by atoms with van der Waals surface area (Å²) in [5.74, 6) is -0.0860. The molecule has 1 heterocycles. The van der Waals surface area contributed by atoms with Crippen molar-refractivity contribution < 1.29 is 19.1 Å². The van der Waals surface area contributed by atoms with E-state index in [1.54, 1.807) is 12.1 Å². The Labute approximate surface area is 98.7 Å². The van der Waals surface area contributed by atoms with Crippen LogP contribution in [0.4, 0.5) is 0 Å².